The Hall–Kier alpha value is -0.0800. The molecule has 2 fully saturated rings. The Labute approximate surface area is 152 Å². The SMILES string of the molecule is I.NC(=NCCCCN1CCOCC1)NC1CCCCCC1. The molecule has 1 aliphatic heterocycles. The summed E-state index contributed by atoms with van der Waals surface area (Å²) in [6.07, 6.45) is 10.2. The normalized spacial score (nSPS) is 21.9. The van der Waals surface area contributed by atoms with Gasteiger partial charge < -0.3 is 15.8 Å². The van der Waals surface area contributed by atoms with Gasteiger partial charge >= 0.3 is 0 Å². The van der Waals surface area contributed by atoms with Crippen LogP contribution in [-0.2, 0) is 4.74 Å². The average molecular weight is 424 g/mol. The van der Waals surface area contributed by atoms with Crippen LogP contribution < -0.4 is 11.1 Å². The van der Waals surface area contributed by atoms with E-state index in [4.69, 9.17) is 10.5 Å². The lowest BCUT2D eigenvalue weighted by atomic mass is 10.1. The topological polar surface area (TPSA) is 62.9 Å². The zero-order chi connectivity index (χ0) is 14.8. The number of nitrogens with two attached hydrogens (primary N) is 1. The van der Waals surface area contributed by atoms with Crippen molar-refractivity contribution in [1.29, 1.82) is 0 Å². The van der Waals surface area contributed by atoms with E-state index < -0.39 is 0 Å². The number of guanidine groups is 1. The predicted molar refractivity (Wildman–Crippen MR) is 103 cm³/mol. The molecule has 5 nitrogen and oxygen atoms in total. The second-order valence-electron chi connectivity index (χ2n) is 6.26. The highest BCUT2D eigenvalue weighted by Crippen LogP contribution is 2.16. The molecule has 0 unspecified atom stereocenters. The van der Waals surface area contributed by atoms with Gasteiger partial charge in [-0.15, -0.1) is 24.0 Å². The van der Waals surface area contributed by atoms with Crippen LogP contribution in [0.2, 0.25) is 0 Å². The molecule has 1 saturated carbocycles. The first-order valence-corrected chi connectivity index (χ1v) is 8.71. The van der Waals surface area contributed by atoms with Crippen LogP contribution >= 0.6 is 24.0 Å². The first-order valence-electron chi connectivity index (χ1n) is 8.71. The maximum Gasteiger partial charge on any atom is 0.188 e. The van der Waals surface area contributed by atoms with Gasteiger partial charge in [0.25, 0.3) is 0 Å². The van der Waals surface area contributed by atoms with E-state index in [1.54, 1.807) is 0 Å². The van der Waals surface area contributed by atoms with Crippen molar-refractivity contribution in [2.24, 2.45) is 10.7 Å². The number of halogens is 1. The van der Waals surface area contributed by atoms with Gasteiger partial charge in [-0.2, -0.15) is 0 Å². The molecule has 1 aliphatic carbocycles. The third kappa shape index (κ3) is 8.53. The molecule has 130 valence electrons. The van der Waals surface area contributed by atoms with Crippen molar-refractivity contribution in [3.63, 3.8) is 0 Å². The lowest BCUT2D eigenvalue weighted by molar-refractivity contribution is 0.0373. The van der Waals surface area contributed by atoms with Gasteiger partial charge in [0.15, 0.2) is 5.96 Å². The minimum atomic E-state index is 0. The number of hydrogen-bond acceptors (Lipinski definition) is 3. The molecule has 0 radical (unpaired) electrons. The van der Waals surface area contributed by atoms with Crippen LogP contribution in [0.5, 0.6) is 0 Å². The summed E-state index contributed by atoms with van der Waals surface area (Å²) >= 11 is 0. The smallest absolute Gasteiger partial charge is 0.188 e. The Morgan fingerprint density at radius 3 is 2.45 bits per heavy atom. The molecular formula is C16H33IN4O. The predicted octanol–water partition coefficient (Wildman–Crippen LogP) is 2.34. The molecule has 0 spiro atoms. The largest absolute Gasteiger partial charge is 0.379 e. The third-order valence-electron chi connectivity index (χ3n) is 4.48. The lowest BCUT2D eigenvalue weighted by Gasteiger charge is -2.26. The second-order valence-corrected chi connectivity index (χ2v) is 6.26. The maximum atomic E-state index is 5.99. The van der Waals surface area contributed by atoms with Crippen molar-refractivity contribution in [1.82, 2.24) is 10.2 Å². The number of unbranched alkanes of at least 4 members (excludes halogenated alkanes) is 1. The van der Waals surface area contributed by atoms with Crippen LogP contribution in [-0.4, -0.2) is 56.3 Å². The molecule has 3 N–H and O–H groups in total. The minimum Gasteiger partial charge on any atom is -0.379 e. The first-order chi connectivity index (χ1) is 10.3. The van der Waals surface area contributed by atoms with Gasteiger partial charge in [-0.05, 0) is 32.2 Å². The summed E-state index contributed by atoms with van der Waals surface area (Å²) in [6.45, 7) is 5.93. The van der Waals surface area contributed by atoms with Crippen LogP contribution in [0.4, 0.5) is 0 Å². The van der Waals surface area contributed by atoms with Crippen molar-refractivity contribution in [3.8, 4) is 0 Å². The van der Waals surface area contributed by atoms with E-state index in [2.05, 4.69) is 15.2 Å². The van der Waals surface area contributed by atoms with Crippen molar-refractivity contribution >= 4 is 29.9 Å². The van der Waals surface area contributed by atoms with E-state index in [-0.39, 0.29) is 24.0 Å². The molecule has 0 atom stereocenters. The number of ether oxygens (including phenoxy) is 1. The lowest BCUT2D eigenvalue weighted by Crippen LogP contribution is -2.40. The number of morpholine rings is 1. The van der Waals surface area contributed by atoms with E-state index in [1.165, 1.54) is 44.9 Å². The van der Waals surface area contributed by atoms with E-state index in [0.717, 1.165) is 45.8 Å². The standard InChI is InChI=1S/C16H32N4O.HI/c17-16(19-15-7-3-1-2-4-8-15)18-9-5-6-10-20-11-13-21-14-12-20;/h15H,1-14H2,(H3,17,18,19);1H. The quantitative estimate of drug-likeness (QED) is 0.226. The fourth-order valence-electron chi connectivity index (χ4n) is 3.15. The Morgan fingerprint density at radius 2 is 1.77 bits per heavy atom. The Kier molecular flexibility index (Phi) is 11.2. The third-order valence-corrected chi connectivity index (χ3v) is 4.48. The number of hydrogen-bond donors (Lipinski definition) is 2. The molecule has 1 heterocycles. The molecule has 0 aromatic rings. The highest BCUT2D eigenvalue weighted by atomic mass is 127. The van der Waals surface area contributed by atoms with E-state index in [1.807, 2.05) is 0 Å². The molecule has 22 heavy (non-hydrogen) atoms. The van der Waals surface area contributed by atoms with E-state index >= 15 is 0 Å². The summed E-state index contributed by atoms with van der Waals surface area (Å²) in [5.74, 6) is 0.647. The van der Waals surface area contributed by atoms with Crippen molar-refractivity contribution in [2.45, 2.75) is 57.4 Å². The van der Waals surface area contributed by atoms with Crippen LogP contribution in [0.1, 0.15) is 51.4 Å². The van der Waals surface area contributed by atoms with Gasteiger partial charge in [0.1, 0.15) is 0 Å². The molecule has 1 saturated heterocycles. The molecule has 0 aromatic carbocycles. The molecule has 6 heteroatoms. The molecule has 0 amide bonds. The molecule has 2 aliphatic rings. The van der Waals surface area contributed by atoms with E-state index in [9.17, 15) is 0 Å². The van der Waals surface area contributed by atoms with Gasteiger partial charge in [-0.25, -0.2) is 0 Å². The van der Waals surface area contributed by atoms with Crippen molar-refractivity contribution in [2.75, 3.05) is 39.4 Å². The summed E-state index contributed by atoms with van der Waals surface area (Å²) in [5.41, 5.74) is 5.99. The van der Waals surface area contributed by atoms with Crippen LogP contribution in [0.3, 0.4) is 0 Å². The highest BCUT2D eigenvalue weighted by Gasteiger charge is 2.12. The average Bonchev–Trinajstić information content (AvgIpc) is 2.76. The fourth-order valence-corrected chi connectivity index (χ4v) is 3.15. The second kappa shape index (κ2) is 12.4. The van der Waals surface area contributed by atoms with Crippen LogP contribution in [0.25, 0.3) is 0 Å². The molecular weight excluding hydrogens is 391 g/mol. The van der Waals surface area contributed by atoms with Crippen molar-refractivity contribution in [3.05, 3.63) is 0 Å². The zero-order valence-corrected chi connectivity index (χ0v) is 16.1. The van der Waals surface area contributed by atoms with Gasteiger partial charge in [0.05, 0.1) is 13.2 Å². The molecule has 0 aromatic heterocycles. The van der Waals surface area contributed by atoms with Gasteiger partial charge in [-0.1, -0.05) is 25.7 Å². The van der Waals surface area contributed by atoms with Gasteiger partial charge in [-0.3, -0.25) is 9.89 Å². The maximum absolute atomic E-state index is 5.99. The molecule has 2 rings (SSSR count). The monoisotopic (exact) mass is 424 g/mol. The van der Waals surface area contributed by atoms with Crippen LogP contribution in [0, 0.1) is 0 Å². The highest BCUT2D eigenvalue weighted by molar-refractivity contribution is 14.0. The first kappa shape index (κ1) is 20.0. The summed E-state index contributed by atoms with van der Waals surface area (Å²) < 4.78 is 5.35. The summed E-state index contributed by atoms with van der Waals surface area (Å²) in [4.78, 5) is 6.94. The summed E-state index contributed by atoms with van der Waals surface area (Å²) in [7, 11) is 0. The van der Waals surface area contributed by atoms with Crippen molar-refractivity contribution < 1.29 is 4.74 Å². The van der Waals surface area contributed by atoms with Crippen LogP contribution in [0.15, 0.2) is 4.99 Å². The number of nitrogens with one attached hydrogen (secondary N) is 1. The zero-order valence-electron chi connectivity index (χ0n) is 13.8. The van der Waals surface area contributed by atoms with E-state index in [0.29, 0.717) is 12.0 Å². The number of nitrogens with zero attached hydrogens (tertiary/aromatic N) is 2. The molecule has 0 bridgehead atoms. The fraction of sp³-hybridized carbons (Fsp3) is 0.938. The van der Waals surface area contributed by atoms with Gasteiger partial charge in [0.2, 0.25) is 0 Å². The Balaban J connectivity index is 0.00000242. The Bertz CT molecular complexity index is 301. The van der Waals surface area contributed by atoms with Gasteiger partial charge in [0, 0.05) is 25.7 Å². The summed E-state index contributed by atoms with van der Waals surface area (Å²) in [5, 5.41) is 3.40. The number of aliphatic imine (C=N–C) groups is 1. The summed E-state index contributed by atoms with van der Waals surface area (Å²) in [6, 6.07) is 0.546. The Morgan fingerprint density at radius 1 is 1.09 bits per heavy atom. The minimum absolute atomic E-state index is 0. The number of rotatable bonds is 6.